The number of allylic oxidation sites excluding steroid dienone is 1. The van der Waals surface area contributed by atoms with Gasteiger partial charge in [-0.25, -0.2) is 4.79 Å². The van der Waals surface area contributed by atoms with E-state index < -0.39 is 5.97 Å². The minimum Gasteiger partial charge on any atom is -0.477 e. The second-order valence-electron chi connectivity index (χ2n) is 3.58. The summed E-state index contributed by atoms with van der Waals surface area (Å²) in [7, 11) is 0. The van der Waals surface area contributed by atoms with E-state index in [1.807, 2.05) is 6.92 Å². The minimum absolute atomic E-state index is 0.00713. The van der Waals surface area contributed by atoms with E-state index in [0.717, 1.165) is 0 Å². The van der Waals surface area contributed by atoms with Crippen LogP contribution < -0.4 is 0 Å². The average molecular weight is 225 g/mol. The van der Waals surface area contributed by atoms with Crippen molar-refractivity contribution >= 4 is 23.6 Å². The molecule has 0 saturated carbocycles. The zero-order chi connectivity index (χ0) is 11.2. The zero-order valence-electron chi connectivity index (χ0n) is 8.27. The summed E-state index contributed by atoms with van der Waals surface area (Å²) in [6, 6.07) is 0. The molecular formula is C10H11NO3S. The van der Waals surface area contributed by atoms with Crippen molar-refractivity contribution < 1.29 is 14.7 Å². The Balaban J connectivity index is 2.42. The van der Waals surface area contributed by atoms with Crippen LogP contribution in [0.4, 0.5) is 0 Å². The second kappa shape index (κ2) is 3.41. The Bertz CT molecular complexity index is 388. The molecule has 1 amide bonds. The van der Waals surface area contributed by atoms with Crippen LogP contribution in [0.3, 0.4) is 0 Å². The Labute approximate surface area is 91.6 Å². The smallest absolute Gasteiger partial charge is 0.352 e. The van der Waals surface area contributed by atoms with Crippen molar-refractivity contribution in [1.82, 2.24) is 4.90 Å². The number of carbonyl (C=O) groups excluding carboxylic acids is 1. The number of carbonyl (C=O) groups is 2. The van der Waals surface area contributed by atoms with Gasteiger partial charge in [-0.15, -0.1) is 11.8 Å². The number of hydrogen-bond acceptors (Lipinski definition) is 3. The van der Waals surface area contributed by atoms with Gasteiger partial charge in [0.05, 0.1) is 11.3 Å². The van der Waals surface area contributed by atoms with Gasteiger partial charge < -0.3 is 5.11 Å². The van der Waals surface area contributed by atoms with Crippen LogP contribution in [-0.2, 0) is 9.59 Å². The molecule has 0 radical (unpaired) electrons. The molecule has 2 atom stereocenters. The van der Waals surface area contributed by atoms with Crippen molar-refractivity contribution in [2.75, 3.05) is 5.75 Å². The maximum Gasteiger partial charge on any atom is 0.352 e. The monoisotopic (exact) mass is 225 g/mol. The number of hydrogen-bond donors (Lipinski definition) is 1. The van der Waals surface area contributed by atoms with Crippen molar-refractivity contribution in [3.05, 3.63) is 23.9 Å². The number of carboxylic acids is 1. The summed E-state index contributed by atoms with van der Waals surface area (Å²) in [5, 5.41) is 9.05. The molecule has 5 heteroatoms. The molecule has 1 N–H and O–H groups in total. The Hall–Kier alpha value is -1.23. The van der Waals surface area contributed by atoms with Gasteiger partial charge >= 0.3 is 5.97 Å². The largest absolute Gasteiger partial charge is 0.477 e. The van der Waals surface area contributed by atoms with Gasteiger partial charge in [0.15, 0.2) is 0 Å². The highest BCUT2D eigenvalue weighted by Gasteiger charge is 2.50. The summed E-state index contributed by atoms with van der Waals surface area (Å²) in [5.41, 5.74) is 0.737. The molecule has 2 heterocycles. The molecule has 2 rings (SSSR count). The van der Waals surface area contributed by atoms with E-state index in [1.54, 1.807) is 11.8 Å². The first-order valence-corrected chi connectivity index (χ1v) is 5.66. The molecule has 2 aliphatic rings. The topological polar surface area (TPSA) is 57.6 Å². The van der Waals surface area contributed by atoms with Crippen LogP contribution >= 0.6 is 11.8 Å². The maximum absolute atomic E-state index is 11.6. The lowest BCUT2D eigenvalue weighted by Crippen LogP contribution is -2.60. The molecule has 0 spiro atoms. The molecule has 80 valence electrons. The van der Waals surface area contributed by atoms with Gasteiger partial charge in [0, 0.05) is 5.75 Å². The molecule has 2 unspecified atom stereocenters. The van der Waals surface area contributed by atoms with Crippen molar-refractivity contribution in [2.24, 2.45) is 5.92 Å². The minimum atomic E-state index is -1.05. The summed E-state index contributed by atoms with van der Waals surface area (Å²) >= 11 is 1.59. The average Bonchev–Trinajstić information content (AvgIpc) is 2.25. The first-order chi connectivity index (χ1) is 7.07. The van der Waals surface area contributed by atoms with Crippen LogP contribution in [0.2, 0.25) is 0 Å². The van der Waals surface area contributed by atoms with Gasteiger partial charge in [-0.3, -0.25) is 9.69 Å². The maximum atomic E-state index is 11.6. The molecular weight excluding hydrogens is 214 g/mol. The summed E-state index contributed by atoms with van der Waals surface area (Å²) < 4.78 is 0. The Kier molecular flexibility index (Phi) is 2.34. The van der Waals surface area contributed by atoms with Gasteiger partial charge in [-0.2, -0.15) is 0 Å². The number of amides is 1. The first-order valence-electron chi connectivity index (χ1n) is 4.61. The van der Waals surface area contributed by atoms with Crippen LogP contribution in [0, 0.1) is 5.92 Å². The van der Waals surface area contributed by atoms with Crippen LogP contribution in [0.25, 0.3) is 0 Å². The third-order valence-electron chi connectivity index (χ3n) is 2.71. The Morgan fingerprint density at radius 1 is 1.73 bits per heavy atom. The van der Waals surface area contributed by atoms with E-state index >= 15 is 0 Å². The summed E-state index contributed by atoms with van der Waals surface area (Å²) in [5.74, 6) is -0.612. The van der Waals surface area contributed by atoms with E-state index in [1.165, 1.54) is 11.0 Å². The van der Waals surface area contributed by atoms with E-state index in [2.05, 4.69) is 6.58 Å². The number of rotatable bonds is 2. The first kappa shape index (κ1) is 10.3. The molecule has 0 aromatic rings. The van der Waals surface area contributed by atoms with Crippen LogP contribution in [0.15, 0.2) is 23.9 Å². The zero-order valence-corrected chi connectivity index (χ0v) is 9.08. The Morgan fingerprint density at radius 2 is 2.40 bits per heavy atom. The van der Waals surface area contributed by atoms with Gasteiger partial charge in [0.1, 0.15) is 5.70 Å². The highest BCUT2D eigenvalue weighted by atomic mass is 32.2. The van der Waals surface area contributed by atoms with Gasteiger partial charge in [0.25, 0.3) is 0 Å². The Morgan fingerprint density at radius 3 is 2.93 bits per heavy atom. The summed E-state index contributed by atoms with van der Waals surface area (Å²) in [4.78, 5) is 24.0. The lowest BCUT2D eigenvalue weighted by Gasteiger charge is -2.48. The molecule has 2 aliphatic heterocycles. The second-order valence-corrected chi connectivity index (χ2v) is 4.69. The van der Waals surface area contributed by atoms with E-state index in [0.29, 0.717) is 11.3 Å². The fourth-order valence-electron chi connectivity index (χ4n) is 1.86. The molecule has 0 bridgehead atoms. The number of β-lactam (4-membered cyclic amide) rings is 1. The molecule has 1 fully saturated rings. The van der Waals surface area contributed by atoms with Crippen molar-refractivity contribution in [1.29, 1.82) is 0 Å². The number of nitrogens with zero attached hydrogens (tertiary/aromatic N) is 1. The highest BCUT2D eigenvalue weighted by molar-refractivity contribution is 8.00. The van der Waals surface area contributed by atoms with Gasteiger partial charge in [-0.1, -0.05) is 19.6 Å². The van der Waals surface area contributed by atoms with Crippen molar-refractivity contribution in [3.63, 3.8) is 0 Å². The number of aliphatic carboxylic acids is 1. The molecule has 4 nitrogen and oxygen atoms in total. The number of thioether (sulfide) groups is 1. The van der Waals surface area contributed by atoms with Gasteiger partial charge in [0.2, 0.25) is 5.91 Å². The van der Waals surface area contributed by atoms with Crippen molar-refractivity contribution in [2.45, 2.75) is 12.3 Å². The van der Waals surface area contributed by atoms with Crippen molar-refractivity contribution in [3.8, 4) is 0 Å². The fourth-order valence-corrected chi connectivity index (χ4v) is 3.23. The molecule has 1 saturated heterocycles. The highest BCUT2D eigenvalue weighted by Crippen LogP contribution is 2.43. The van der Waals surface area contributed by atoms with Crippen LogP contribution in [-0.4, -0.2) is 33.0 Å². The standard InChI is InChI=1S/C10H11NO3S/c1-3-6-4-15-9-5(2)8(12)11(9)7(6)10(13)14/h3,5,9H,1,4H2,2H3,(H,13,14). The molecule has 0 aliphatic carbocycles. The quantitative estimate of drug-likeness (QED) is 0.714. The molecule has 0 aromatic heterocycles. The number of carboxylic acid groups (broad SMARTS) is 1. The van der Waals surface area contributed by atoms with Crippen LogP contribution in [0.1, 0.15) is 6.92 Å². The summed E-state index contributed by atoms with van der Waals surface area (Å²) in [6.07, 6.45) is 1.52. The van der Waals surface area contributed by atoms with E-state index in [9.17, 15) is 9.59 Å². The number of fused-ring (bicyclic) bond motifs is 1. The van der Waals surface area contributed by atoms with E-state index in [4.69, 9.17) is 5.11 Å². The predicted molar refractivity (Wildman–Crippen MR) is 57.1 cm³/mol. The third kappa shape index (κ3) is 1.30. The lowest BCUT2D eigenvalue weighted by atomic mass is 9.98. The SMILES string of the molecule is C=CC1=C(C(=O)O)N2C(=O)C(C)C2SC1. The van der Waals surface area contributed by atoms with E-state index in [-0.39, 0.29) is 22.9 Å². The normalized spacial score (nSPS) is 29.7. The molecule has 15 heavy (non-hydrogen) atoms. The van der Waals surface area contributed by atoms with Gasteiger partial charge in [-0.05, 0) is 5.57 Å². The summed E-state index contributed by atoms with van der Waals surface area (Å²) in [6.45, 7) is 5.40. The fraction of sp³-hybridized carbons (Fsp3) is 0.400. The predicted octanol–water partition coefficient (Wildman–Crippen LogP) is 1.06. The lowest BCUT2D eigenvalue weighted by molar-refractivity contribution is -0.151. The molecule has 0 aromatic carbocycles. The van der Waals surface area contributed by atoms with Crippen LogP contribution in [0.5, 0.6) is 0 Å². The third-order valence-corrected chi connectivity index (χ3v) is 4.15.